The first-order chi connectivity index (χ1) is 7.89. The molecule has 0 radical (unpaired) electrons. The van der Waals surface area contributed by atoms with Crippen molar-refractivity contribution in [3.63, 3.8) is 0 Å². The van der Waals surface area contributed by atoms with Gasteiger partial charge in [-0.05, 0) is 43.8 Å². The molecule has 1 aromatic rings. The van der Waals surface area contributed by atoms with Crippen LogP contribution in [-0.4, -0.2) is 25.2 Å². The quantitative estimate of drug-likeness (QED) is 0.784. The summed E-state index contributed by atoms with van der Waals surface area (Å²) in [6.45, 7) is 3.51. The van der Waals surface area contributed by atoms with Crippen LogP contribution >= 0.6 is 0 Å². The summed E-state index contributed by atoms with van der Waals surface area (Å²) in [5, 5.41) is 7.34. The summed E-state index contributed by atoms with van der Waals surface area (Å²) < 4.78 is 0. The predicted octanol–water partition coefficient (Wildman–Crippen LogP) is 1.57. The van der Waals surface area contributed by atoms with Gasteiger partial charge in [0, 0.05) is 12.1 Å². The molecule has 0 amide bonds. The molecule has 2 aliphatic heterocycles. The maximum absolute atomic E-state index is 3.78. The smallest absolute Gasteiger partial charge is 0.0387 e. The van der Waals surface area contributed by atoms with Crippen LogP contribution in [0.3, 0.4) is 0 Å². The Kier molecular flexibility index (Phi) is 2.70. The largest absolute Gasteiger partial charge is 0.315 e. The molecule has 2 N–H and O–H groups in total. The molecule has 0 spiro atoms. The highest BCUT2D eigenvalue weighted by Gasteiger charge is 2.43. The van der Waals surface area contributed by atoms with E-state index in [-0.39, 0.29) is 0 Å². The van der Waals surface area contributed by atoms with Gasteiger partial charge in [0.05, 0.1) is 0 Å². The zero-order valence-electron chi connectivity index (χ0n) is 9.71. The first-order valence-corrected chi connectivity index (χ1v) is 6.39. The van der Waals surface area contributed by atoms with E-state index in [0.717, 1.165) is 12.5 Å². The Bertz CT molecular complexity index is 349. The van der Waals surface area contributed by atoms with Crippen LogP contribution in [-0.2, 0) is 6.42 Å². The zero-order chi connectivity index (χ0) is 10.8. The molecular formula is C14H20N2. The van der Waals surface area contributed by atoms with Crippen molar-refractivity contribution in [3.05, 3.63) is 35.9 Å². The van der Waals surface area contributed by atoms with Gasteiger partial charge in [0.1, 0.15) is 0 Å². The molecule has 2 heterocycles. The van der Waals surface area contributed by atoms with Crippen LogP contribution in [0.4, 0.5) is 0 Å². The third-order valence-electron chi connectivity index (χ3n) is 4.18. The summed E-state index contributed by atoms with van der Waals surface area (Å²) in [4.78, 5) is 0. The van der Waals surface area contributed by atoms with E-state index < -0.39 is 0 Å². The maximum Gasteiger partial charge on any atom is 0.0387 e. The highest BCUT2D eigenvalue weighted by Crippen LogP contribution is 2.32. The molecule has 3 rings (SSSR count). The van der Waals surface area contributed by atoms with E-state index in [2.05, 4.69) is 41.0 Å². The van der Waals surface area contributed by atoms with Gasteiger partial charge < -0.3 is 10.6 Å². The average Bonchev–Trinajstić information content (AvgIpc) is 2.73. The lowest BCUT2D eigenvalue weighted by atomic mass is 9.77. The molecule has 2 aliphatic rings. The standard InChI is InChI=1S/C14H20N2/c1-2-5-12(6-3-1)9-14-11-15-10-13(14)7-4-8-16-14/h1-3,5-6,13,15-16H,4,7-11H2/t13-,14+/m0/s1. The Balaban J connectivity index is 1.81. The highest BCUT2D eigenvalue weighted by atomic mass is 15.1. The number of hydrogen-bond acceptors (Lipinski definition) is 2. The molecule has 2 atom stereocenters. The minimum atomic E-state index is 0.333. The topological polar surface area (TPSA) is 24.1 Å². The monoisotopic (exact) mass is 216 g/mol. The number of rotatable bonds is 2. The highest BCUT2D eigenvalue weighted by molar-refractivity contribution is 5.20. The normalized spacial score (nSPS) is 33.6. The van der Waals surface area contributed by atoms with Gasteiger partial charge in [-0.1, -0.05) is 30.3 Å². The van der Waals surface area contributed by atoms with Gasteiger partial charge >= 0.3 is 0 Å². The van der Waals surface area contributed by atoms with Crippen molar-refractivity contribution in [1.29, 1.82) is 0 Å². The molecule has 2 fully saturated rings. The van der Waals surface area contributed by atoms with Crippen LogP contribution < -0.4 is 10.6 Å². The van der Waals surface area contributed by atoms with Gasteiger partial charge in [0.25, 0.3) is 0 Å². The molecule has 0 aliphatic carbocycles. The van der Waals surface area contributed by atoms with E-state index in [1.54, 1.807) is 0 Å². The Hall–Kier alpha value is -0.860. The van der Waals surface area contributed by atoms with Crippen LogP contribution in [0.2, 0.25) is 0 Å². The van der Waals surface area contributed by atoms with Gasteiger partial charge in [0.15, 0.2) is 0 Å². The summed E-state index contributed by atoms with van der Waals surface area (Å²) in [6, 6.07) is 10.9. The lowest BCUT2D eigenvalue weighted by molar-refractivity contribution is 0.209. The average molecular weight is 216 g/mol. The van der Waals surface area contributed by atoms with E-state index in [0.29, 0.717) is 5.54 Å². The minimum absolute atomic E-state index is 0.333. The van der Waals surface area contributed by atoms with Crippen molar-refractivity contribution < 1.29 is 0 Å². The van der Waals surface area contributed by atoms with Crippen LogP contribution in [0.15, 0.2) is 30.3 Å². The van der Waals surface area contributed by atoms with Gasteiger partial charge in [-0.25, -0.2) is 0 Å². The third kappa shape index (κ3) is 1.76. The summed E-state index contributed by atoms with van der Waals surface area (Å²) in [7, 11) is 0. The molecule has 2 heteroatoms. The fourth-order valence-electron chi connectivity index (χ4n) is 3.31. The lowest BCUT2D eigenvalue weighted by Gasteiger charge is -2.40. The van der Waals surface area contributed by atoms with Crippen molar-refractivity contribution in [2.45, 2.75) is 24.8 Å². The van der Waals surface area contributed by atoms with Gasteiger partial charge in [0.2, 0.25) is 0 Å². The molecule has 2 saturated heterocycles. The van der Waals surface area contributed by atoms with Crippen LogP contribution in [0, 0.1) is 5.92 Å². The number of benzene rings is 1. The van der Waals surface area contributed by atoms with Crippen molar-refractivity contribution in [2.24, 2.45) is 5.92 Å². The molecule has 1 aromatic carbocycles. The summed E-state index contributed by atoms with van der Waals surface area (Å²) in [5.41, 5.74) is 1.80. The van der Waals surface area contributed by atoms with Gasteiger partial charge in [-0.3, -0.25) is 0 Å². The molecule has 0 bridgehead atoms. The van der Waals surface area contributed by atoms with E-state index in [1.807, 2.05) is 0 Å². The molecule has 2 nitrogen and oxygen atoms in total. The lowest BCUT2D eigenvalue weighted by Crippen LogP contribution is -2.56. The first kappa shape index (κ1) is 10.3. The first-order valence-electron chi connectivity index (χ1n) is 6.39. The van der Waals surface area contributed by atoms with Gasteiger partial charge in [-0.2, -0.15) is 0 Å². The van der Waals surface area contributed by atoms with Crippen molar-refractivity contribution in [2.75, 3.05) is 19.6 Å². The Morgan fingerprint density at radius 1 is 1.25 bits per heavy atom. The van der Waals surface area contributed by atoms with Gasteiger partial charge in [-0.15, -0.1) is 0 Å². The Morgan fingerprint density at radius 2 is 2.12 bits per heavy atom. The van der Waals surface area contributed by atoms with E-state index in [4.69, 9.17) is 0 Å². The van der Waals surface area contributed by atoms with Crippen molar-refractivity contribution in [3.8, 4) is 0 Å². The van der Waals surface area contributed by atoms with Crippen molar-refractivity contribution in [1.82, 2.24) is 10.6 Å². The predicted molar refractivity (Wildman–Crippen MR) is 66.5 cm³/mol. The van der Waals surface area contributed by atoms with E-state index >= 15 is 0 Å². The number of hydrogen-bond donors (Lipinski definition) is 2. The fraction of sp³-hybridized carbons (Fsp3) is 0.571. The molecular weight excluding hydrogens is 196 g/mol. The van der Waals surface area contributed by atoms with E-state index in [9.17, 15) is 0 Å². The third-order valence-corrected chi connectivity index (χ3v) is 4.18. The second kappa shape index (κ2) is 4.19. The zero-order valence-corrected chi connectivity index (χ0v) is 9.71. The SMILES string of the molecule is c1ccc(C[C@@]23CNC[C@@H]2CCCN3)cc1. The molecule has 86 valence electrons. The Labute approximate surface area is 97.4 Å². The van der Waals surface area contributed by atoms with Crippen LogP contribution in [0.1, 0.15) is 18.4 Å². The minimum Gasteiger partial charge on any atom is -0.315 e. The number of piperidine rings is 1. The fourth-order valence-corrected chi connectivity index (χ4v) is 3.31. The van der Waals surface area contributed by atoms with Crippen molar-refractivity contribution >= 4 is 0 Å². The summed E-state index contributed by atoms with van der Waals surface area (Å²) >= 11 is 0. The second-order valence-electron chi connectivity index (χ2n) is 5.22. The number of fused-ring (bicyclic) bond motifs is 1. The Morgan fingerprint density at radius 3 is 3.00 bits per heavy atom. The molecule has 0 unspecified atom stereocenters. The summed E-state index contributed by atoms with van der Waals surface area (Å²) in [6.07, 6.45) is 3.89. The van der Waals surface area contributed by atoms with Crippen LogP contribution in [0.5, 0.6) is 0 Å². The molecule has 0 aromatic heterocycles. The van der Waals surface area contributed by atoms with Crippen LogP contribution in [0.25, 0.3) is 0 Å². The maximum atomic E-state index is 3.78. The molecule has 0 saturated carbocycles. The number of nitrogens with one attached hydrogen (secondary N) is 2. The molecule has 16 heavy (non-hydrogen) atoms. The summed E-state index contributed by atoms with van der Waals surface area (Å²) in [5.74, 6) is 0.821. The second-order valence-corrected chi connectivity index (χ2v) is 5.22. The van der Waals surface area contributed by atoms with E-state index in [1.165, 1.54) is 37.9 Å².